The Morgan fingerprint density at radius 2 is 1.90 bits per heavy atom. The molecule has 2 nitrogen and oxygen atoms in total. The van der Waals surface area contributed by atoms with Crippen LogP contribution in [0.15, 0.2) is 18.2 Å². The van der Waals surface area contributed by atoms with Crippen LogP contribution in [0.5, 0.6) is 0 Å². The van der Waals surface area contributed by atoms with Crippen LogP contribution in [0.1, 0.15) is 31.2 Å². The van der Waals surface area contributed by atoms with E-state index < -0.39 is 11.7 Å². The minimum Gasteiger partial charge on any atom is -0.381 e. The maximum atomic E-state index is 12.7. The number of hydrogen-bond donors (Lipinski definition) is 1. The summed E-state index contributed by atoms with van der Waals surface area (Å²) in [5.41, 5.74) is -0.464. The van der Waals surface area contributed by atoms with Gasteiger partial charge in [0.05, 0.1) is 17.6 Å². The molecule has 0 aromatic heterocycles. The summed E-state index contributed by atoms with van der Waals surface area (Å²) in [6.07, 6.45) is -0.905. The summed E-state index contributed by atoms with van der Waals surface area (Å²) < 4.78 is 38.2. The van der Waals surface area contributed by atoms with Crippen molar-refractivity contribution in [3.63, 3.8) is 0 Å². The average Bonchev–Trinajstić information content (AvgIpc) is 2.37. The molecular formula is C14H14ClF3N2. The number of nitrogens with one attached hydrogen (secondary N) is 1. The van der Waals surface area contributed by atoms with Gasteiger partial charge in [0.15, 0.2) is 0 Å². The highest BCUT2D eigenvalue weighted by atomic mass is 35.5. The van der Waals surface area contributed by atoms with Crippen LogP contribution in [-0.4, -0.2) is 6.04 Å². The lowest BCUT2D eigenvalue weighted by Crippen LogP contribution is -2.31. The van der Waals surface area contributed by atoms with Crippen LogP contribution in [0.25, 0.3) is 0 Å². The Hall–Kier alpha value is -1.41. The van der Waals surface area contributed by atoms with E-state index in [-0.39, 0.29) is 17.0 Å². The molecule has 0 radical (unpaired) electrons. The van der Waals surface area contributed by atoms with Gasteiger partial charge in [-0.25, -0.2) is 0 Å². The molecule has 2 unspecified atom stereocenters. The van der Waals surface area contributed by atoms with Crippen LogP contribution in [0, 0.1) is 17.2 Å². The summed E-state index contributed by atoms with van der Waals surface area (Å²) in [7, 11) is 0. The van der Waals surface area contributed by atoms with Gasteiger partial charge in [0.1, 0.15) is 0 Å². The Kier molecular flexibility index (Phi) is 4.44. The number of rotatable bonds is 2. The molecular weight excluding hydrogens is 289 g/mol. The number of nitriles is 1. The highest BCUT2D eigenvalue weighted by molar-refractivity contribution is 6.30. The zero-order valence-corrected chi connectivity index (χ0v) is 11.4. The predicted molar refractivity (Wildman–Crippen MR) is 71.4 cm³/mol. The van der Waals surface area contributed by atoms with E-state index in [1.54, 1.807) is 0 Å². The van der Waals surface area contributed by atoms with E-state index >= 15 is 0 Å². The Labute approximate surface area is 120 Å². The molecule has 1 aliphatic rings. The molecule has 20 heavy (non-hydrogen) atoms. The smallest absolute Gasteiger partial charge is 0.381 e. The quantitative estimate of drug-likeness (QED) is 0.847. The van der Waals surface area contributed by atoms with Crippen molar-refractivity contribution in [1.29, 1.82) is 5.26 Å². The minimum absolute atomic E-state index is 0.0339. The Morgan fingerprint density at radius 1 is 1.20 bits per heavy atom. The lowest BCUT2D eigenvalue weighted by molar-refractivity contribution is -0.137. The van der Waals surface area contributed by atoms with Gasteiger partial charge in [-0.3, -0.25) is 0 Å². The first-order valence-electron chi connectivity index (χ1n) is 6.44. The third-order valence-corrected chi connectivity index (χ3v) is 3.73. The van der Waals surface area contributed by atoms with Crippen molar-refractivity contribution < 1.29 is 13.2 Å². The number of hydrogen-bond acceptors (Lipinski definition) is 2. The molecule has 6 heteroatoms. The number of nitrogens with zero attached hydrogens (tertiary/aromatic N) is 1. The Balaban J connectivity index is 2.21. The van der Waals surface area contributed by atoms with Crippen LogP contribution < -0.4 is 5.32 Å². The molecule has 0 saturated heterocycles. The van der Waals surface area contributed by atoms with Gasteiger partial charge in [-0.05, 0) is 31.0 Å². The van der Waals surface area contributed by atoms with Gasteiger partial charge in [-0.1, -0.05) is 24.4 Å². The third kappa shape index (κ3) is 3.57. The Morgan fingerprint density at radius 3 is 2.55 bits per heavy atom. The van der Waals surface area contributed by atoms with Crippen molar-refractivity contribution in [3.05, 3.63) is 28.8 Å². The van der Waals surface area contributed by atoms with Gasteiger partial charge < -0.3 is 5.32 Å². The molecule has 0 bridgehead atoms. The molecule has 1 N–H and O–H groups in total. The highest BCUT2D eigenvalue weighted by Gasteiger charge is 2.32. The van der Waals surface area contributed by atoms with Gasteiger partial charge in [0.25, 0.3) is 0 Å². The minimum atomic E-state index is -4.43. The molecule has 0 spiro atoms. The largest absolute Gasteiger partial charge is 0.416 e. The van der Waals surface area contributed by atoms with Crippen molar-refractivity contribution in [2.75, 3.05) is 5.32 Å². The van der Waals surface area contributed by atoms with Crippen LogP contribution >= 0.6 is 11.6 Å². The standard InChI is InChI=1S/C14H14ClF3N2/c15-11-5-10(14(16,17)18)6-12(7-11)20-13-4-2-1-3-9(13)8-19/h5-7,9,13,20H,1-4H2. The molecule has 1 saturated carbocycles. The fourth-order valence-corrected chi connectivity index (χ4v) is 2.74. The average molecular weight is 303 g/mol. The fraction of sp³-hybridized carbons (Fsp3) is 0.500. The van der Waals surface area contributed by atoms with Gasteiger partial charge in [-0.15, -0.1) is 0 Å². The summed E-state index contributed by atoms with van der Waals surface area (Å²) in [5, 5.41) is 12.1. The molecule has 2 atom stereocenters. The van der Waals surface area contributed by atoms with Crippen molar-refractivity contribution in [2.45, 2.75) is 37.9 Å². The zero-order valence-electron chi connectivity index (χ0n) is 10.7. The van der Waals surface area contributed by atoms with Crippen molar-refractivity contribution in [3.8, 4) is 6.07 Å². The third-order valence-electron chi connectivity index (χ3n) is 3.51. The first-order valence-corrected chi connectivity index (χ1v) is 6.82. The van der Waals surface area contributed by atoms with Gasteiger partial charge in [-0.2, -0.15) is 18.4 Å². The second-order valence-corrected chi connectivity index (χ2v) is 5.43. The van der Waals surface area contributed by atoms with E-state index in [1.165, 1.54) is 6.07 Å². The fourth-order valence-electron chi connectivity index (χ4n) is 2.51. The second-order valence-electron chi connectivity index (χ2n) is 5.00. The van der Waals surface area contributed by atoms with E-state index in [0.29, 0.717) is 5.69 Å². The second kappa shape index (κ2) is 5.92. The Bertz CT molecular complexity index is 522. The van der Waals surface area contributed by atoms with Crippen LogP contribution in [-0.2, 0) is 6.18 Å². The first-order chi connectivity index (χ1) is 9.40. The van der Waals surface area contributed by atoms with E-state index in [4.69, 9.17) is 16.9 Å². The molecule has 1 fully saturated rings. The van der Waals surface area contributed by atoms with Crippen LogP contribution in [0.3, 0.4) is 0 Å². The van der Waals surface area contributed by atoms with Crippen molar-refractivity contribution in [1.82, 2.24) is 0 Å². The molecule has 2 rings (SSSR count). The molecule has 1 aliphatic carbocycles. The van der Waals surface area contributed by atoms with E-state index in [0.717, 1.165) is 37.8 Å². The van der Waals surface area contributed by atoms with Crippen molar-refractivity contribution in [2.24, 2.45) is 5.92 Å². The highest BCUT2D eigenvalue weighted by Crippen LogP contribution is 2.34. The monoisotopic (exact) mass is 302 g/mol. The summed E-state index contributed by atoms with van der Waals surface area (Å²) in [5.74, 6) is -0.169. The zero-order chi connectivity index (χ0) is 14.8. The lowest BCUT2D eigenvalue weighted by Gasteiger charge is -2.28. The number of halogens is 4. The first kappa shape index (κ1) is 15.0. The molecule has 1 aromatic carbocycles. The molecule has 0 heterocycles. The topological polar surface area (TPSA) is 35.8 Å². The van der Waals surface area contributed by atoms with Gasteiger partial charge in [0.2, 0.25) is 0 Å². The van der Waals surface area contributed by atoms with Crippen LogP contribution in [0.4, 0.5) is 18.9 Å². The molecule has 0 amide bonds. The SMILES string of the molecule is N#CC1CCCCC1Nc1cc(Cl)cc(C(F)(F)F)c1. The molecule has 0 aliphatic heterocycles. The predicted octanol–water partition coefficient (Wildman–Crippen LogP) is 4.85. The van der Waals surface area contributed by atoms with E-state index in [2.05, 4.69) is 11.4 Å². The summed E-state index contributed by atoms with van der Waals surface area (Å²) in [6.45, 7) is 0. The summed E-state index contributed by atoms with van der Waals surface area (Å²) >= 11 is 5.74. The number of benzene rings is 1. The number of anilines is 1. The maximum absolute atomic E-state index is 12.7. The normalized spacial score (nSPS) is 23.1. The van der Waals surface area contributed by atoms with Gasteiger partial charge >= 0.3 is 6.18 Å². The van der Waals surface area contributed by atoms with Gasteiger partial charge in [0, 0.05) is 16.8 Å². The summed E-state index contributed by atoms with van der Waals surface area (Å²) in [4.78, 5) is 0. The van der Waals surface area contributed by atoms with E-state index in [9.17, 15) is 13.2 Å². The van der Waals surface area contributed by atoms with E-state index in [1.807, 2.05) is 0 Å². The molecule has 108 valence electrons. The molecule has 1 aromatic rings. The van der Waals surface area contributed by atoms with Crippen molar-refractivity contribution >= 4 is 17.3 Å². The summed E-state index contributed by atoms with van der Waals surface area (Å²) in [6, 6.07) is 5.49. The van der Waals surface area contributed by atoms with Crippen LogP contribution in [0.2, 0.25) is 5.02 Å². The number of alkyl halides is 3. The lowest BCUT2D eigenvalue weighted by atomic mass is 9.85. The maximum Gasteiger partial charge on any atom is 0.416 e.